The van der Waals surface area contributed by atoms with Crippen LogP contribution in [0.5, 0.6) is 5.75 Å². The number of aryl methyl sites for hydroxylation is 2. The number of carbonyl (C=O) groups is 1. The number of hydrogen-bond donors (Lipinski definition) is 1. The predicted octanol–water partition coefficient (Wildman–Crippen LogP) is 2.57. The second-order valence-electron chi connectivity index (χ2n) is 3.87. The zero-order valence-corrected chi connectivity index (χ0v) is 10.1. The number of nitrogens with zero attached hydrogens (tertiary/aromatic N) is 1. The fraction of sp³-hybridized carbons (Fsp3) is 0.231. The molecule has 1 aromatic carbocycles. The Kier molecular flexibility index (Phi) is 3.32. The molecule has 1 heterocycles. The monoisotopic (exact) mass is 247 g/mol. The molecule has 0 amide bonds. The molecule has 94 valence electrons. The Morgan fingerprint density at radius 1 is 1.44 bits per heavy atom. The molecule has 0 aliphatic heterocycles. The lowest BCUT2D eigenvalue weighted by Gasteiger charge is -2.04. The largest absolute Gasteiger partial charge is 0.484 e. The highest BCUT2D eigenvalue weighted by atomic mass is 16.5. The molecule has 2 aromatic rings. The molecule has 5 nitrogen and oxygen atoms in total. The van der Waals surface area contributed by atoms with E-state index in [2.05, 4.69) is 4.98 Å². The van der Waals surface area contributed by atoms with Crippen molar-refractivity contribution in [2.75, 3.05) is 0 Å². The van der Waals surface area contributed by atoms with Gasteiger partial charge in [0, 0.05) is 0 Å². The first-order chi connectivity index (χ1) is 8.56. The van der Waals surface area contributed by atoms with Crippen molar-refractivity contribution in [1.29, 1.82) is 0 Å². The SMILES string of the molecule is Cc1nc(COc2cccc(C(=O)O)c2)oc1C. The minimum atomic E-state index is -0.983. The zero-order chi connectivity index (χ0) is 13.1. The van der Waals surface area contributed by atoms with Gasteiger partial charge in [-0.05, 0) is 32.0 Å². The van der Waals surface area contributed by atoms with Gasteiger partial charge in [-0.15, -0.1) is 0 Å². The van der Waals surface area contributed by atoms with E-state index in [1.54, 1.807) is 12.1 Å². The third-order valence-corrected chi connectivity index (χ3v) is 2.52. The first kappa shape index (κ1) is 12.2. The van der Waals surface area contributed by atoms with Crippen molar-refractivity contribution >= 4 is 5.97 Å². The van der Waals surface area contributed by atoms with E-state index in [1.165, 1.54) is 12.1 Å². The van der Waals surface area contributed by atoms with Crippen molar-refractivity contribution in [3.05, 3.63) is 47.2 Å². The van der Waals surface area contributed by atoms with Crippen LogP contribution in [0.15, 0.2) is 28.7 Å². The van der Waals surface area contributed by atoms with Gasteiger partial charge in [0.25, 0.3) is 0 Å². The highest BCUT2D eigenvalue weighted by molar-refractivity contribution is 5.87. The van der Waals surface area contributed by atoms with Gasteiger partial charge in [-0.1, -0.05) is 6.07 Å². The molecule has 0 unspecified atom stereocenters. The highest BCUT2D eigenvalue weighted by Crippen LogP contribution is 2.16. The van der Waals surface area contributed by atoms with Crippen molar-refractivity contribution in [3.8, 4) is 5.75 Å². The fourth-order valence-electron chi connectivity index (χ4n) is 1.46. The molecule has 0 bridgehead atoms. The van der Waals surface area contributed by atoms with Gasteiger partial charge in [0.2, 0.25) is 5.89 Å². The number of carboxylic acid groups (broad SMARTS) is 1. The molecule has 0 saturated carbocycles. The van der Waals surface area contributed by atoms with E-state index in [4.69, 9.17) is 14.3 Å². The van der Waals surface area contributed by atoms with Gasteiger partial charge in [-0.3, -0.25) is 0 Å². The molecule has 0 aliphatic carbocycles. The molecule has 0 fully saturated rings. The molecular formula is C13H13NO4. The summed E-state index contributed by atoms with van der Waals surface area (Å²) in [5, 5.41) is 8.85. The first-order valence-electron chi connectivity index (χ1n) is 5.45. The minimum absolute atomic E-state index is 0.178. The topological polar surface area (TPSA) is 72.6 Å². The summed E-state index contributed by atoms with van der Waals surface area (Å²) in [5.74, 6) is 0.727. The molecule has 0 saturated heterocycles. The van der Waals surface area contributed by atoms with Crippen LogP contribution in [0.25, 0.3) is 0 Å². The predicted molar refractivity (Wildman–Crippen MR) is 63.7 cm³/mol. The standard InChI is InChI=1S/C13H13NO4/c1-8-9(2)18-12(14-8)7-17-11-5-3-4-10(6-11)13(15)16/h3-6H,7H2,1-2H3,(H,15,16). The van der Waals surface area contributed by atoms with E-state index in [0.29, 0.717) is 11.6 Å². The summed E-state index contributed by atoms with van der Waals surface area (Å²) in [6.07, 6.45) is 0. The minimum Gasteiger partial charge on any atom is -0.484 e. The Labute approximate surface area is 104 Å². The van der Waals surface area contributed by atoms with Crippen molar-refractivity contribution < 1.29 is 19.1 Å². The molecule has 0 aliphatic rings. The average molecular weight is 247 g/mol. The zero-order valence-electron chi connectivity index (χ0n) is 10.1. The van der Waals surface area contributed by atoms with Gasteiger partial charge >= 0.3 is 5.97 Å². The number of ether oxygens (including phenoxy) is 1. The fourth-order valence-corrected chi connectivity index (χ4v) is 1.46. The third kappa shape index (κ3) is 2.68. The van der Waals surface area contributed by atoms with E-state index in [-0.39, 0.29) is 12.2 Å². The van der Waals surface area contributed by atoms with Crippen LogP contribution in [0.1, 0.15) is 27.7 Å². The number of oxazole rings is 1. The van der Waals surface area contributed by atoms with Gasteiger partial charge in [0.05, 0.1) is 11.3 Å². The van der Waals surface area contributed by atoms with Gasteiger partial charge in [-0.25, -0.2) is 9.78 Å². The lowest BCUT2D eigenvalue weighted by atomic mass is 10.2. The first-order valence-corrected chi connectivity index (χ1v) is 5.45. The highest BCUT2D eigenvalue weighted by Gasteiger charge is 2.07. The van der Waals surface area contributed by atoms with Gasteiger partial charge in [0.15, 0.2) is 6.61 Å². The molecule has 1 N–H and O–H groups in total. The van der Waals surface area contributed by atoms with Crippen LogP contribution >= 0.6 is 0 Å². The van der Waals surface area contributed by atoms with Crippen molar-refractivity contribution in [2.24, 2.45) is 0 Å². The molecular weight excluding hydrogens is 234 g/mol. The van der Waals surface area contributed by atoms with Gasteiger partial charge in [-0.2, -0.15) is 0 Å². The van der Waals surface area contributed by atoms with Crippen molar-refractivity contribution in [3.63, 3.8) is 0 Å². The lowest BCUT2D eigenvalue weighted by Crippen LogP contribution is -1.99. The molecule has 0 atom stereocenters. The third-order valence-electron chi connectivity index (χ3n) is 2.52. The second-order valence-corrected chi connectivity index (χ2v) is 3.87. The summed E-state index contributed by atoms with van der Waals surface area (Å²) in [7, 11) is 0. The maximum absolute atomic E-state index is 10.8. The molecule has 0 radical (unpaired) electrons. The molecule has 1 aromatic heterocycles. The number of aromatic carboxylic acids is 1. The summed E-state index contributed by atoms with van der Waals surface area (Å²) in [6, 6.07) is 6.29. The van der Waals surface area contributed by atoms with Crippen LogP contribution in [0, 0.1) is 13.8 Å². The molecule has 2 rings (SSSR count). The van der Waals surface area contributed by atoms with Crippen LogP contribution in [-0.4, -0.2) is 16.1 Å². The average Bonchev–Trinajstić information content (AvgIpc) is 2.67. The van der Waals surface area contributed by atoms with Gasteiger partial charge < -0.3 is 14.3 Å². The smallest absolute Gasteiger partial charge is 0.335 e. The summed E-state index contributed by atoms with van der Waals surface area (Å²) in [4.78, 5) is 15.0. The quantitative estimate of drug-likeness (QED) is 0.898. The number of aromatic nitrogens is 1. The molecule has 0 spiro atoms. The van der Waals surface area contributed by atoms with E-state index >= 15 is 0 Å². The number of hydrogen-bond acceptors (Lipinski definition) is 4. The van der Waals surface area contributed by atoms with Crippen LogP contribution in [0.3, 0.4) is 0 Å². The number of carboxylic acids is 1. The van der Waals surface area contributed by atoms with Crippen LogP contribution in [-0.2, 0) is 6.61 Å². The van der Waals surface area contributed by atoms with Crippen LogP contribution in [0.2, 0.25) is 0 Å². The van der Waals surface area contributed by atoms with E-state index in [0.717, 1.165) is 11.5 Å². The van der Waals surface area contributed by atoms with Gasteiger partial charge in [0.1, 0.15) is 11.5 Å². The summed E-state index contributed by atoms with van der Waals surface area (Å²) in [5.41, 5.74) is 1.01. The summed E-state index contributed by atoms with van der Waals surface area (Å²) in [6.45, 7) is 3.86. The van der Waals surface area contributed by atoms with Crippen LogP contribution < -0.4 is 4.74 Å². The Hall–Kier alpha value is -2.30. The lowest BCUT2D eigenvalue weighted by molar-refractivity contribution is 0.0696. The van der Waals surface area contributed by atoms with Crippen LogP contribution in [0.4, 0.5) is 0 Å². The Balaban J connectivity index is 2.06. The maximum Gasteiger partial charge on any atom is 0.335 e. The van der Waals surface area contributed by atoms with Crippen molar-refractivity contribution in [2.45, 2.75) is 20.5 Å². The van der Waals surface area contributed by atoms with E-state index < -0.39 is 5.97 Å². The van der Waals surface area contributed by atoms with Crippen molar-refractivity contribution in [1.82, 2.24) is 4.98 Å². The molecule has 5 heteroatoms. The Bertz CT molecular complexity index is 555. The normalized spacial score (nSPS) is 10.3. The number of rotatable bonds is 4. The maximum atomic E-state index is 10.8. The second kappa shape index (κ2) is 4.91. The van der Waals surface area contributed by atoms with E-state index in [1.807, 2.05) is 13.8 Å². The molecule has 18 heavy (non-hydrogen) atoms. The Morgan fingerprint density at radius 2 is 2.22 bits per heavy atom. The summed E-state index contributed by atoms with van der Waals surface area (Å²) >= 11 is 0. The Morgan fingerprint density at radius 3 is 2.83 bits per heavy atom. The number of benzene rings is 1. The summed E-state index contributed by atoms with van der Waals surface area (Å²) < 4.78 is 10.8. The van der Waals surface area contributed by atoms with E-state index in [9.17, 15) is 4.79 Å².